The lowest BCUT2D eigenvalue weighted by molar-refractivity contribution is -0.215. The molecule has 0 saturated heterocycles. The minimum Gasteiger partial charge on any atom is -0.481 e. The Morgan fingerprint density at radius 3 is 1.62 bits per heavy atom. The minimum absolute atomic E-state index is 0.807. The first-order valence-corrected chi connectivity index (χ1v) is 6.52. The Hall–Kier alpha value is -2.28. The number of rotatable bonds is 12. The van der Waals surface area contributed by atoms with Crippen LogP contribution >= 0.6 is 0 Å². The van der Waals surface area contributed by atoms with Crippen molar-refractivity contribution in [2.45, 2.75) is 43.1 Å². The van der Waals surface area contributed by atoms with Crippen molar-refractivity contribution in [1.82, 2.24) is 0 Å². The monoisotopic (exact) mass is 353 g/mol. The van der Waals surface area contributed by atoms with E-state index >= 15 is 0 Å². The lowest BCUT2D eigenvalue weighted by Gasteiger charge is -2.42. The van der Waals surface area contributed by atoms with E-state index < -0.39 is 73.6 Å². The predicted molar refractivity (Wildman–Crippen MR) is 72.8 cm³/mol. The van der Waals surface area contributed by atoms with Gasteiger partial charge in [0.25, 0.3) is 0 Å². The first kappa shape index (κ1) is 21.7. The average molecular weight is 353 g/mol. The van der Waals surface area contributed by atoms with Crippen LogP contribution in [0.5, 0.6) is 0 Å². The van der Waals surface area contributed by atoms with Gasteiger partial charge < -0.3 is 41.1 Å². The molecule has 24 heavy (non-hydrogen) atoms. The minimum atomic E-state index is -2.92. The molecule has 0 aliphatic heterocycles. The molecule has 8 N–H and O–H groups in total. The van der Waals surface area contributed by atoms with Crippen molar-refractivity contribution < 1.29 is 54.6 Å². The second-order valence-corrected chi connectivity index (χ2v) is 5.19. The van der Waals surface area contributed by atoms with Crippen LogP contribution in [-0.4, -0.2) is 78.6 Å². The lowest BCUT2D eigenvalue weighted by atomic mass is 9.81. The van der Waals surface area contributed by atoms with E-state index in [1.807, 2.05) is 0 Å². The van der Waals surface area contributed by atoms with E-state index in [1.165, 1.54) is 0 Å². The Bertz CT molecular complexity index is 485. The molecule has 0 aromatic carbocycles. The van der Waals surface area contributed by atoms with Crippen molar-refractivity contribution in [2.24, 2.45) is 5.73 Å². The van der Waals surface area contributed by atoms with Crippen LogP contribution in [0.25, 0.3) is 0 Å². The molecule has 0 rings (SSSR count). The standard InChI is InChI=1S/C12H19NO11/c13-12(23,4-10(21)22)11(2-8(17)18,3-9(19)20)24-5-6(14)1-7(15)16/h6,14,23H,1-5,13H2,(H,15,16)(H,17,18)(H,19,20)(H,21,22). The van der Waals surface area contributed by atoms with Crippen LogP contribution in [0.1, 0.15) is 25.7 Å². The average Bonchev–Trinajstić information content (AvgIpc) is 2.31. The van der Waals surface area contributed by atoms with Gasteiger partial charge >= 0.3 is 23.9 Å². The Balaban J connectivity index is 5.64. The summed E-state index contributed by atoms with van der Waals surface area (Å²) in [7, 11) is 0. The zero-order valence-electron chi connectivity index (χ0n) is 12.4. The summed E-state index contributed by atoms with van der Waals surface area (Å²) in [5.74, 6) is -6.38. The largest absolute Gasteiger partial charge is 0.481 e. The third kappa shape index (κ3) is 6.87. The predicted octanol–water partition coefficient (Wildman–Crippen LogP) is -2.35. The normalized spacial score (nSPS) is 15.3. The topological polar surface area (TPSA) is 225 Å². The number of aliphatic hydroxyl groups is 2. The number of carboxylic acids is 4. The van der Waals surface area contributed by atoms with Gasteiger partial charge in [-0.3, -0.25) is 19.2 Å². The Morgan fingerprint density at radius 1 is 0.875 bits per heavy atom. The second-order valence-electron chi connectivity index (χ2n) is 5.19. The van der Waals surface area contributed by atoms with Crippen LogP contribution in [0.3, 0.4) is 0 Å². The highest BCUT2D eigenvalue weighted by atomic mass is 16.5. The summed E-state index contributed by atoms with van der Waals surface area (Å²) in [4.78, 5) is 43.3. The molecular weight excluding hydrogens is 334 g/mol. The molecule has 0 aromatic rings. The number of hydrogen-bond donors (Lipinski definition) is 7. The zero-order valence-corrected chi connectivity index (χ0v) is 12.4. The van der Waals surface area contributed by atoms with Gasteiger partial charge in [0, 0.05) is 0 Å². The maximum atomic E-state index is 11.0. The smallest absolute Gasteiger partial charge is 0.307 e. The van der Waals surface area contributed by atoms with Gasteiger partial charge in [-0.2, -0.15) is 0 Å². The van der Waals surface area contributed by atoms with Gasteiger partial charge in [-0.25, -0.2) is 0 Å². The molecule has 12 nitrogen and oxygen atoms in total. The molecular formula is C12H19NO11. The molecule has 12 heteroatoms. The molecule has 0 fully saturated rings. The summed E-state index contributed by atoms with van der Waals surface area (Å²) < 4.78 is 4.97. The van der Waals surface area contributed by atoms with E-state index in [0.29, 0.717) is 0 Å². The Kier molecular flexibility index (Phi) is 7.73. The van der Waals surface area contributed by atoms with Crippen LogP contribution in [0.4, 0.5) is 0 Å². The van der Waals surface area contributed by atoms with Crippen molar-refractivity contribution >= 4 is 23.9 Å². The highest BCUT2D eigenvalue weighted by molar-refractivity contribution is 5.74. The number of carbonyl (C=O) groups is 4. The van der Waals surface area contributed by atoms with Gasteiger partial charge in [0.1, 0.15) is 5.60 Å². The molecule has 0 aliphatic carbocycles. The van der Waals surface area contributed by atoms with Gasteiger partial charge in [0.15, 0.2) is 5.72 Å². The summed E-state index contributed by atoms with van der Waals surface area (Å²) >= 11 is 0. The number of carboxylic acid groups (broad SMARTS) is 4. The summed E-state index contributed by atoms with van der Waals surface area (Å²) in [6.45, 7) is -0.883. The highest BCUT2D eigenvalue weighted by Crippen LogP contribution is 2.33. The fraction of sp³-hybridized carbons (Fsp3) is 0.667. The van der Waals surface area contributed by atoms with Crippen molar-refractivity contribution in [3.8, 4) is 0 Å². The number of aliphatic carboxylic acids is 4. The molecule has 0 aliphatic rings. The number of ether oxygens (including phenoxy) is 1. The highest BCUT2D eigenvalue weighted by Gasteiger charge is 2.53. The van der Waals surface area contributed by atoms with Crippen LogP contribution in [-0.2, 0) is 23.9 Å². The van der Waals surface area contributed by atoms with Crippen LogP contribution < -0.4 is 5.73 Å². The lowest BCUT2D eigenvalue weighted by Crippen LogP contribution is -2.65. The molecule has 0 amide bonds. The van der Waals surface area contributed by atoms with E-state index in [2.05, 4.69) is 0 Å². The van der Waals surface area contributed by atoms with Crippen LogP contribution in [0.2, 0.25) is 0 Å². The molecule has 0 spiro atoms. The summed E-state index contributed by atoms with van der Waals surface area (Å²) in [5, 5.41) is 54.7. The maximum Gasteiger partial charge on any atom is 0.307 e. The van der Waals surface area contributed by atoms with Crippen molar-refractivity contribution in [3.05, 3.63) is 0 Å². The molecule has 0 aromatic heterocycles. The molecule has 2 unspecified atom stereocenters. The van der Waals surface area contributed by atoms with E-state index in [0.717, 1.165) is 0 Å². The van der Waals surface area contributed by atoms with E-state index in [1.54, 1.807) is 0 Å². The molecule has 0 saturated carbocycles. The Labute approximate surface area is 135 Å². The molecule has 0 bridgehead atoms. The first-order valence-electron chi connectivity index (χ1n) is 6.52. The molecule has 0 radical (unpaired) electrons. The third-order valence-electron chi connectivity index (χ3n) is 3.05. The summed E-state index contributed by atoms with van der Waals surface area (Å²) in [6, 6.07) is 0. The fourth-order valence-electron chi connectivity index (χ4n) is 1.99. The van der Waals surface area contributed by atoms with E-state index in [9.17, 15) is 29.4 Å². The summed E-state index contributed by atoms with van der Waals surface area (Å²) in [5.41, 5.74) is -0.121. The fourth-order valence-corrected chi connectivity index (χ4v) is 1.99. The van der Waals surface area contributed by atoms with Crippen LogP contribution in [0.15, 0.2) is 0 Å². The van der Waals surface area contributed by atoms with Crippen molar-refractivity contribution in [1.29, 1.82) is 0 Å². The third-order valence-corrected chi connectivity index (χ3v) is 3.05. The van der Waals surface area contributed by atoms with E-state index in [-0.39, 0.29) is 0 Å². The molecule has 138 valence electrons. The van der Waals surface area contributed by atoms with Gasteiger partial charge in [0.05, 0.1) is 38.4 Å². The van der Waals surface area contributed by atoms with E-state index in [4.69, 9.17) is 30.9 Å². The summed E-state index contributed by atoms with van der Waals surface area (Å²) in [6.07, 6.45) is -6.11. The van der Waals surface area contributed by atoms with Crippen LogP contribution in [0, 0.1) is 0 Å². The van der Waals surface area contributed by atoms with Gasteiger partial charge in [-0.15, -0.1) is 0 Å². The number of hydrogen-bond acceptors (Lipinski definition) is 8. The van der Waals surface area contributed by atoms with Crippen molar-refractivity contribution in [2.75, 3.05) is 6.61 Å². The number of nitrogens with two attached hydrogens (primary N) is 1. The van der Waals surface area contributed by atoms with Gasteiger partial charge in [-0.1, -0.05) is 0 Å². The van der Waals surface area contributed by atoms with Gasteiger partial charge in [0.2, 0.25) is 0 Å². The van der Waals surface area contributed by atoms with Gasteiger partial charge in [-0.05, 0) is 0 Å². The Morgan fingerprint density at radius 2 is 1.29 bits per heavy atom. The first-order chi connectivity index (χ1) is 10.8. The molecule has 0 heterocycles. The number of aliphatic hydroxyl groups excluding tert-OH is 1. The van der Waals surface area contributed by atoms with Crippen molar-refractivity contribution in [3.63, 3.8) is 0 Å². The quantitative estimate of drug-likeness (QED) is 0.183. The SMILES string of the molecule is NC(O)(CC(=O)O)C(CC(=O)O)(CC(=O)O)OCC(O)CC(=O)O. The maximum absolute atomic E-state index is 11.0. The second kappa shape index (κ2) is 8.54. The molecule has 2 atom stereocenters. The zero-order chi connectivity index (χ0) is 19.1.